The summed E-state index contributed by atoms with van der Waals surface area (Å²) in [5.74, 6) is 0. The number of ether oxygens (including phenoxy) is 1. The molecule has 1 saturated heterocycles. The maximum atomic E-state index is 12.2. The Balaban J connectivity index is 2.59. The molecule has 0 saturated carbocycles. The van der Waals surface area contributed by atoms with Gasteiger partial charge in [-0.25, -0.2) is 13.1 Å². The van der Waals surface area contributed by atoms with Gasteiger partial charge in [-0.15, -0.1) is 0 Å². The largest absolute Gasteiger partial charge is 0.381 e. The van der Waals surface area contributed by atoms with Crippen LogP contribution in [0, 0.1) is 5.41 Å². The zero-order valence-electron chi connectivity index (χ0n) is 11.2. The van der Waals surface area contributed by atoms with Crippen LogP contribution < -0.4 is 4.72 Å². The van der Waals surface area contributed by atoms with Crippen LogP contribution in [0.2, 0.25) is 0 Å². The fourth-order valence-corrected chi connectivity index (χ4v) is 4.64. The zero-order chi connectivity index (χ0) is 13.6. The summed E-state index contributed by atoms with van der Waals surface area (Å²) in [6.45, 7) is 5.83. The van der Waals surface area contributed by atoms with E-state index in [-0.39, 0.29) is 10.7 Å². The van der Waals surface area contributed by atoms with Crippen molar-refractivity contribution in [3.8, 4) is 0 Å². The molecule has 0 atom stereocenters. The van der Waals surface area contributed by atoms with Crippen LogP contribution in [0.1, 0.15) is 39.5 Å². The van der Waals surface area contributed by atoms with Crippen molar-refractivity contribution in [2.75, 3.05) is 25.1 Å². The highest BCUT2D eigenvalue weighted by molar-refractivity contribution is 9.09. The Morgan fingerprint density at radius 3 is 2.28 bits per heavy atom. The van der Waals surface area contributed by atoms with Crippen molar-refractivity contribution in [2.24, 2.45) is 5.41 Å². The molecule has 6 heteroatoms. The fourth-order valence-electron chi connectivity index (χ4n) is 2.09. The molecule has 108 valence electrons. The Morgan fingerprint density at radius 2 is 1.83 bits per heavy atom. The minimum Gasteiger partial charge on any atom is -0.381 e. The number of halogens is 1. The molecule has 1 fully saturated rings. The fraction of sp³-hybridized carbons (Fsp3) is 1.00. The molecule has 0 radical (unpaired) electrons. The molecular formula is C12H24BrNO3S. The molecule has 0 aliphatic carbocycles. The standard InChI is InChI=1S/C12H24BrNO3S/c1-3-12(4-2,9-13)10-14-18(15,16)11-5-7-17-8-6-11/h11,14H,3-10H2,1-2H3. The summed E-state index contributed by atoms with van der Waals surface area (Å²) in [7, 11) is -3.20. The topological polar surface area (TPSA) is 55.4 Å². The molecule has 1 aliphatic rings. The number of alkyl halides is 1. The molecule has 1 heterocycles. The second kappa shape index (κ2) is 7.22. The van der Waals surface area contributed by atoms with Crippen LogP contribution in [0.4, 0.5) is 0 Å². The van der Waals surface area contributed by atoms with E-state index in [9.17, 15) is 8.42 Å². The zero-order valence-corrected chi connectivity index (χ0v) is 13.6. The van der Waals surface area contributed by atoms with E-state index in [4.69, 9.17) is 4.74 Å². The van der Waals surface area contributed by atoms with E-state index in [0.29, 0.717) is 32.6 Å². The summed E-state index contributed by atoms with van der Waals surface area (Å²) in [6.07, 6.45) is 3.14. The SMILES string of the molecule is CCC(CC)(CBr)CNS(=O)(=O)C1CCOCC1. The van der Waals surface area contributed by atoms with Gasteiger partial charge in [0.25, 0.3) is 0 Å². The van der Waals surface area contributed by atoms with Gasteiger partial charge in [0.1, 0.15) is 0 Å². The Kier molecular flexibility index (Phi) is 6.58. The average Bonchev–Trinajstić information content (AvgIpc) is 2.42. The van der Waals surface area contributed by atoms with Crippen LogP contribution in [0.5, 0.6) is 0 Å². The van der Waals surface area contributed by atoms with Gasteiger partial charge in [0.05, 0.1) is 5.25 Å². The lowest BCUT2D eigenvalue weighted by molar-refractivity contribution is 0.0980. The van der Waals surface area contributed by atoms with Crippen molar-refractivity contribution in [1.82, 2.24) is 4.72 Å². The van der Waals surface area contributed by atoms with Crippen LogP contribution in [0.3, 0.4) is 0 Å². The summed E-state index contributed by atoms with van der Waals surface area (Å²) in [5.41, 5.74) is 0.0260. The van der Waals surface area contributed by atoms with Gasteiger partial charge in [-0.05, 0) is 31.1 Å². The average molecular weight is 342 g/mol. The molecule has 1 aliphatic heterocycles. The number of nitrogens with one attached hydrogen (secondary N) is 1. The van der Waals surface area contributed by atoms with Gasteiger partial charge < -0.3 is 4.74 Å². The van der Waals surface area contributed by atoms with Crippen molar-refractivity contribution >= 4 is 26.0 Å². The smallest absolute Gasteiger partial charge is 0.214 e. The molecule has 1 N–H and O–H groups in total. The van der Waals surface area contributed by atoms with Crippen molar-refractivity contribution < 1.29 is 13.2 Å². The molecule has 0 amide bonds. The van der Waals surface area contributed by atoms with Crippen LogP contribution in [0.15, 0.2) is 0 Å². The predicted molar refractivity (Wildman–Crippen MR) is 77.6 cm³/mol. The lowest BCUT2D eigenvalue weighted by atomic mass is 9.85. The first-order valence-corrected chi connectivity index (χ1v) is 9.28. The molecular weight excluding hydrogens is 318 g/mol. The molecule has 0 aromatic carbocycles. The minimum atomic E-state index is -3.20. The first-order valence-electron chi connectivity index (χ1n) is 6.62. The molecule has 0 aromatic rings. The number of hydrogen-bond acceptors (Lipinski definition) is 3. The van der Waals surface area contributed by atoms with Crippen molar-refractivity contribution in [1.29, 1.82) is 0 Å². The lowest BCUT2D eigenvalue weighted by Gasteiger charge is -2.31. The van der Waals surface area contributed by atoms with E-state index in [1.807, 2.05) is 0 Å². The van der Waals surface area contributed by atoms with Crippen molar-refractivity contribution in [3.63, 3.8) is 0 Å². The Morgan fingerprint density at radius 1 is 1.28 bits per heavy atom. The first-order chi connectivity index (χ1) is 8.49. The minimum absolute atomic E-state index is 0.0260. The lowest BCUT2D eigenvalue weighted by Crippen LogP contribution is -2.43. The quantitative estimate of drug-likeness (QED) is 0.722. The molecule has 1 rings (SSSR count). The highest BCUT2D eigenvalue weighted by atomic mass is 79.9. The maximum Gasteiger partial charge on any atom is 0.214 e. The van der Waals surface area contributed by atoms with Gasteiger partial charge in [-0.3, -0.25) is 0 Å². The van der Waals surface area contributed by atoms with E-state index in [0.717, 1.165) is 18.2 Å². The van der Waals surface area contributed by atoms with E-state index in [1.165, 1.54) is 0 Å². The van der Waals surface area contributed by atoms with Gasteiger partial charge in [-0.1, -0.05) is 29.8 Å². The normalized spacial score (nSPS) is 19.1. The first kappa shape index (κ1) is 16.4. The molecule has 0 spiro atoms. The summed E-state index contributed by atoms with van der Waals surface area (Å²) in [4.78, 5) is 0. The highest BCUT2D eigenvalue weighted by Crippen LogP contribution is 2.28. The second-order valence-corrected chi connectivity index (χ2v) is 7.62. The van der Waals surface area contributed by atoms with Gasteiger partial charge >= 0.3 is 0 Å². The third kappa shape index (κ3) is 4.18. The van der Waals surface area contributed by atoms with E-state index in [2.05, 4.69) is 34.5 Å². The summed E-state index contributed by atoms with van der Waals surface area (Å²) in [5, 5.41) is 0.538. The van der Waals surface area contributed by atoms with Gasteiger partial charge in [-0.2, -0.15) is 0 Å². The summed E-state index contributed by atoms with van der Waals surface area (Å²) in [6, 6.07) is 0. The maximum absolute atomic E-state index is 12.2. The summed E-state index contributed by atoms with van der Waals surface area (Å²) < 4.78 is 32.4. The molecule has 0 aromatic heterocycles. The Hall–Kier alpha value is 0.350. The van der Waals surface area contributed by atoms with Gasteiger partial charge in [0.15, 0.2) is 0 Å². The van der Waals surface area contributed by atoms with Crippen LogP contribution in [-0.2, 0) is 14.8 Å². The van der Waals surface area contributed by atoms with Crippen molar-refractivity contribution in [3.05, 3.63) is 0 Å². The third-order valence-corrected chi connectivity index (χ3v) is 7.12. The second-order valence-electron chi connectivity index (χ2n) is 5.02. The van der Waals surface area contributed by atoms with Crippen molar-refractivity contribution in [2.45, 2.75) is 44.8 Å². The third-order valence-electron chi connectivity index (χ3n) is 4.04. The van der Waals surface area contributed by atoms with Gasteiger partial charge in [0, 0.05) is 25.1 Å². The van der Waals surface area contributed by atoms with Crippen LogP contribution >= 0.6 is 15.9 Å². The highest BCUT2D eigenvalue weighted by Gasteiger charge is 2.31. The molecule has 18 heavy (non-hydrogen) atoms. The van der Waals surface area contributed by atoms with Gasteiger partial charge in [0.2, 0.25) is 10.0 Å². The molecule has 0 bridgehead atoms. The Bertz CT molecular complexity index is 327. The van der Waals surface area contributed by atoms with E-state index < -0.39 is 10.0 Å². The predicted octanol–water partition coefficient (Wildman–Crippen LogP) is 2.29. The monoisotopic (exact) mass is 341 g/mol. The number of rotatable bonds is 7. The molecule has 0 unspecified atom stereocenters. The van der Waals surface area contributed by atoms with Crippen LogP contribution in [-0.4, -0.2) is 38.8 Å². The van der Waals surface area contributed by atoms with Crippen LogP contribution in [0.25, 0.3) is 0 Å². The van der Waals surface area contributed by atoms with E-state index in [1.54, 1.807) is 0 Å². The number of sulfonamides is 1. The molecule has 4 nitrogen and oxygen atoms in total. The Labute approximate surface area is 119 Å². The summed E-state index contributed by atoms with van der Waals surface area (Å²) >= 11 is 3.50. The van der Waals surface area contributed by atoms with E-state index >= 15 is 0 Å². The number of hydrogen-bond donors (Lipinski definition) is 1.